The minimum Gasteiger partial charge on any atom is -0.497 e. The third-order valence-corrected chi connectivity index (χ3v) is 3.00. The van der Waals surface area contributed by atoms with Gasteiger partial charge in [-0.15, -0.1) is 0 Å². The number of rotatable bonds is 3. The lowest BCUT2D eigenvalue weighted by Gasteiger charge is -2.29. The van der Waals surface area contributed by atoms with Crippen molar-refractivity contribution in [3.8, 4) is 5.75 Å². The lowest BCUT2D eigenvalue weighted by molar-refractivity contribution is -0.137. The second kappa shape index (κ2) is 4.47. The van der Waals surface area contributed by atoms with Gasteiger partial charge in [-0.2, -0.15) is 13.2 Å². The Morgan fingerprint density at radius 2 is 2.00 bits per heavy atom. The highest BCUT2D eigenvalue weighted by molar-refractivity contribution is 5.56. The van der Waals surface area contributed by atoms with Crippen LogP contribution in [0.2, 0.25) is 0 Å². The van der Waals surface area contributed by atoms with Gasteiger partial charge in [0.05, 0.1) is 12.7 Å². The molecule has 0 amide bonds. The lowest BCUT2D eigenvalue weighted by Crippen LogP contribution is -2.28. The van der Waals surface area contributed by atoms with Crippen molar-refractivity contribution in [2.24, 2.45) is 0 Å². The summed E-state index contributed by atoms with van der Waals surface area (Å²) in [5.41, 5.74) is -0.522. The number of hydrogen-bond acceptors (Lipinski definition) is 2. The van der Waals surface area contributed by atoms with Gasteiger partial charge in [0, 0.05) is 11.7 Å². The van der Waals surface area contributed by atoms with Crippen molar-refractivity contribution in [2.45, 2.75) is 31.5 Å². The van der Waals surface area contributed by atoms with Gasteiger partial charge in [-0.1, -0.05) is 0 Å². The first kappa shape index (κ1) is 12.1. The van der Waals surface area contributed by atoms with Gasteiger partial charge >= 0.3 is 6.18 Å². The molecule has 1 fully saturated rings. The number of hydrogen-bond donors (Lipinski definition) is 1. The molecule has 17 heavy (non-hydrogen) atoms. The van der Waals surface area contributed by atoms with Crippen LogP contribution in [0.4, 0.5) is 18.9 Å². The smallest absolute Gasteiger partial charge is 0.418 e. The standard InChI is InChI=1S/C12H14F3NO/c1-17-9-5-6-11(16-8-3-2-4-8)10(7-9)12(13,14)15/h5-8,16H,2-4H2,1H3. The van der Waals surface area contributed by atoms with Crippen LogP contribution >= 0.6 is 0 Å². The van der Waals surface area contributed by atoms with E-state index in [9.17, 15) is 13.2 Å². The Morgan fingerprint density at radius 3 is 2.47 bits per heavy atom. The Kier molecular flexibility index (Phi) is 3.17. The zero-order valence-corrected chi connectivity index (χ0v) is 9.47. The molecule has 1 aromatic rings. The number of ether oxygens (including phenoxy) is 1. The minimum atomic E-state index is -4.36. The number of methoxy groups -OCH3 is 1. The fourth-order valence-electron chi connectivity index (χ4n) is 1.78. The van der Waals surface area contributed by atoms with Crippen LogP contribution in [0.5, 0.6) is 5.75 Å². The first-order chi connectivity index (χ1) is 8.00. The van der Waals surface area contributed by atoms with Crippen molar-refractivity contribution < 1.29 is 17.9 Å². The molecule has 0 unspecified atom stereocenters. The van der Waals surface area contributed by atoms with Crippen molar-refractivity contribution in [3.05, 3.63) is 23.8 Å². The highest BCUT2D eigenvalue weighted by Gasteiger charge is 2.34. The zero-order valence-electron chi connectivity index (χ0n) is 9.47. The Bertz CT molecular complexity index is 399. The summed E-state index contributed by atoms with van der Waals surface area (Å²) in [6.45, 7) is 0. The molecule has 0 saturated heterocycles. The zero-order chi connectivity index (χ0) is 12.5. The molecule has 0 aliphatic heterocycles. The SMILES string of the molecule is COc1ccc(NC2CCC2)c(C(F)(F)F)c1. The van der Waals surface area contributed by atoms with Gasteiger partial charge in [0.2, 0.25) is 0 Å². The quantitative estimate of drug-likeness (QED) is 0.877. The number of halogens is 3. The van der Waals surface area contributed by atoms with E-state index in [1.165, 1.54) is 19.2 Å². The van der Waals surface area contributed by atoms with Gasteiger partial charge in [-0.3, -0.25) is 0 Å². The fraction of sp³-hybridized carbons (Fsp3) is 0.500. The minimum absolute atomic E-state index is 0.142. The molecular formula is C12H14F3NO. The van der Waals surface area contributed by atoms with E-state index in [2.05, 4.69) is 5.32 Å². The van der Waals surface area contributed by atoms with Gasteiger partial charge in [-0.05, 0) is 37.5 Å². The third kappa shape index (κ3) is 2.65. The summed E-state index contributed by atoms with van der Waals surface area (Å²) in [5.74, 6) is 0.219. The Hall–Kier alpha value is -1.39. The largest absolute Gasteiger partial charge is 0.497 e. The summed E-state index contributed by atoms with van der Waals surface area (Å²) in [4.78, 5) is 0. The molecule has 94 valence electrons. The topological polar surface area (TPSA) is 21.3 Å². The second-order valence-corrected chi connectivity index (χ2v) is 4.18. The van der Waals surface area contributed by atoms with Crippen molar-refractivity contribution in [3.63, 3.8) is 0 Å². The predicted octanol–water partition coefficient (Wildman–Crippen LogP) is 3.68. The number of anilines is 1. The molecule has 0 atom stereocenters. The average Bonchev–Trinajstić information content (AvgIpc) is 2.22. The maximum atomic E-state index is 12.8. The highest BCUT2D eigenvalue weighted by atomic mass is 19.4. The number of benzene rings is 1. The van der Waals surface area contributed by atoms with Gasteiger partial charge in [0.15, 0.2) is 0 Å². The monoisotopic (exact) mass is 245 g/mol. The molecule has 1 saturated carbocycles. The predicted molar refractivity (Wildman–Crippen MR) is 59.3 cm³/mol. The van der Waals surface area contributed by atoms with Crippen molar-refractivity contribution in [1.82, 2.24) is 0 Å². The van der Waals surface area contributed by atoms with Crippen LogP contribution in [0.1, 0.15) is 24.8 Å². The van der Waals surface area contributed by atoms with E-state index in [1.807, 2.05) is 0 Å². The van der Waals surface area contributed by atoms with Gasteiger partial charge in [0.25, 0.3) is 0 Å². The molecule has 5 heteroatoms. The van der Waals surface area contributed by atoms with Crippen LogP contribution in [0.15, 0.2) is 18.2 Å². The maximum absolute atomic E-state index is 12.8. The molecule has 1 N–H and O–H groups in total. The molecule has 0 aromatic heterocycles. The molecule has 0 radical (unpaired) electrons. The van der Waals surface area contributed by atoms with Gasteiger partial charge in [0.1, 0.15) is 5.75 Å². The first-order valence-corrected chi connectivity index (χ1v) is 5.52. The van der Waals surface area contributed by atoms with E-state index in [-0.39, 0.29) is 17.5 Å². The van der Waals surface area contributed by atoms with Crippen molar-refractivity contribution in [1.29, 1.82) is 0 Å². The Balaban J connectivity index is 2.28. The average molecular weight is 245 g/mol. The van der Waals surface area contributed by atoms with Crippen LogP contribution < -0.4 is 10.1 Å². The summed E-state index contributed by atoms with van der Waals surface area (Å²) in [6, 6.07) is 4.17. The van der Waals surface area contributed by atoms with Crippen molar-refractivity contribution in [2.75, 3.05) is 12.4 Å². The Labute approximate surface area is 97.8 Å². The first-order valence-electron chi connectivity index (χ1n) is 5.52. The molecule has 0 heterocycles. The van der Waals surface area contributed by atoms with Crippen molar-refractivity contribution >= 4 is 5.69 Å². The Morgan fingerprint density at radius 1 is 1.29 bits per heavy atom. The van der Waals surface area contributed by atoms with E-state index in [0.29, 0.717) is 0 Å². The van der Waals surface area contributed by atoms with Crippen LogP contribution in [-0.4, -0.2) is 13.2 Å². The highest BCUT2D eigenvalue weighted by Crippen LogP contribution is 2.38. The van der Waals surface area contributed by atoms with Gasteiger partial charge < -0.3 is 10.1 Å². The van der Waals surface area contributed by atoms with Crippen LogP contribution in [0.3, 0.4) is 0 Å². The van der Waals surface area contributed by atoms with E-state index in [0.717, 1.165) is 25.3 Å². The summed E-state index contributed by atoms with van der Waals surface area (Å²) in [6.07, 6.45) is -1.41. The third-order valence-electron chi connectivity index (χ3n) is 3.00. The summed E-state index contributed by atoms with van der Waals surface area (Å²) in [5, 5.41) is 2.93. The molecule has 2 rings (SSSR count). The van der Waals surface area contributed by atoms with Crippen LogP contribution in [0.25, 0.3) is 0 Å². The lowest BCUT2D eigenvalue weighted by atomic mass is 9.92. The molecule has 1 aliphatic rings. The normalized spacial score (nSPS) is 16.5. The summed E-state index contributed by atoms with van der Waals surface area (Å²) >= 11 is 0. The van der Waals surface area contributed by atoms with E-state index in [1.54, 1.807) is 0 Å². The molecule has 0 spiro atoms. The van der Waals surface area contributed by atoms with E-state index in [4.69, 9.17) is 4.74 Å². The molecule has 1 aliphatic carbocycles. The molecule has 2 nitrogen and oxygen atoms in total. The number of alkyl halides is 3. The van der Waals surface area contributed by atoms with Gasteiger partial charge in [-0.25, -0.2) is 0 Å². The molecular weight excluding hydrogens is 231 g/mol. The molecule has 1 aromatic carbocycles. The summed E-state index contributed by atoms with van der Waals surface area (Å²) < 4.78 is 43.3. The van der Waals surface area contributed by atoms with Crippen LogP contribution in [-0.2, 0) is 6.18 Å². The van der Waals surface area contributed by atoms with E-state index >= 15 is 0 Å². The van der Waals surface area contributed by atoms with Crippen LogP contribution in [0, 0.1) is 0 Å². The fourth-order valence-corrected chi connectivity index (χ4v) is 1.78. The number of nitrogens with one attached hydrogen (secondary N) is 1. The maximum Gasteiger partial charge on any atom is 0.418 e. The van der Waals surface area contributed by atoms with E-state index < -0.39 is 11.7 Å². The second-order valence-electron chi connectivity index (χ2n) is 4.18. The molecule has 0 bridgehead atoms. The summed E-state index contributed by atoms with van der Waals surface area (Å²) in [7, 11) is 1.36.